The van der Waals surface area contributed by atoms with Crippen LogP contribution in [0.25, 0.3) is 0 Å². The van der Waals surface area contributed by atoms with Crippen molar-refractivity contribution < 1.29 is 14.3 Å². The third-order valence-corrected chi connectivity index (χ3v) is 4.46. The van der Waals surface area contributed by atoms with Crippen LogP contribution in [0.2, 0.25) is 0 Å². The minimum absolute atomic E-state index is 0.207. The van der Waals surface area contributed by atoms with Crippen molar-refractivity contribution >= 4 is 54.9 Å². The van der Waals surface area contributed by atoms with Crippen molar-refractivity contribution in [2.45, 2.75) is 0 Å². The van der Waals surface area contributed by atoms with Crippen molar-refractivity contribution in [2.24, 2.45) is 0 Å². The van der Waals surface area contributed by atoms with Gasteiger partial charge in [-0.1, -0.05) is 15.9 Å². The second-order valence-corrected chi connectivity index (χ2v) is 6.99. The molecule has 0 aliphatic heterocycles. The van der Waals surface area contributed by atoms with E-state index in [-0.39, 0.29) is 12.4 Å². The number of carbonyl (C=O) groups is 2. The van der Waals surface area contributed by atoms with Gasteiger partial charge in [-0.05, 0) is 52.3 Å². The molecule has 0 amide bonds. The molecule has 0 radical (unpaired) electrons. The van der Waals surface area contributed by atoms with Crippen LogP contribution in [0.5, 0.6) is 0 Å². The standard InChI is InChI=1S/C13H8Br2O3S/c14-9-3-1-8(2-4-9)13(17)18-7-10(16)11-5-6-12(15)19-11/h1-6H,7H2. The van der Waals surface area contributed by atoms with Gasteiger partial charge >= 0.3 is 5.97 Å². The number of benzene rings is 1. The lowest BCUT2D eigenvalue weighted by Gasteiger charge is -2.03. The number of hydrogen-bond donors (Lipinski definition) is 0. The van der Waals surface area contributed by atoms with E-state index < -0.39 is 5.97 Å². The number of esters is 1. The van der Waals surface area contributed by atoms with Crippen LogP contribution in [0, 0.1) is 0 Å². The predicted octanol–water partition coefficient (Wildman–Crippen LogP) is 4.31. The second-order valence-electron chi connectivity index (χ2n) is 3.61. The molecular weight excluding hydrogens is 396 g/mol. The second kappa shape index (κ2) is 6.45. The minimum atomic E-state index is -0.503. The van der Waals surface area contributed by atoms with Crippen LogP contribution in [-0.4, -0.2) is 18.4 Å². The van der Waals surface area contributed by atoms with Crippen molar-refractivity contribution in [3.8, 4) is 0 Å². The molecule has 0 spiro atoms. The molecule has 98 valence electrons. The van der Waals surface area contributed by atoms with Crippen LogP contribution in [-0.2, 0) is 4.74 Å². The Labute approximate surface area is 130 Å². The molecule has 19 heavy (non-hydrogen) atoms. The van der Waals surface area contributed by atoms with E-state index in [9.17, 15) is 9.59 Å². The highest BCUT2D eigenvalue weighted by Gasteiger charge is 2.13. The van der Waals surface area contributed by atoms with Crippen LogP contribution >= 0.6 is 43.2 Å². The molecule has 1 aromatic heterocycles. The van der Waals surface area contributed by atoms with Gasteiger partial charge < -0.3 is 4.74 Å². The van der Waals surface area contributed by atoms with Gasteiger partial charge in [0.1, 0.15) is 0 Å². The average molecular weight is 404 g/mol. The topological polar surface area (TPSA) is 43.4 Å². The van der Waals surface area contributed by atoms with E-state index in [0.29, 0.717) is 10.4 Å². The molecule has 0 bridgehead atoms. The molecule has 0 saturated carbocycles. The fourth-order valence-corrected chi connectivity index (χ4v) is 2.91. The van der Waals surface area contributed by atoms with Gasteiger partial charge in [0.15, 0.2) is 6.61 Å². The Morgan fingerprint density at radius 3 is 2.32 bits per heavy atom. The molecular formula is C13H8Br2O3S. The molecule has 0 aliphatic rings. The quantitative estimate of drug-likeness (QED) is 0.564. The van der Waals surface area contributed by atoms with Crippen LogP contribution in [0.3, 0.4) is 0 Å². The third-order valence-electron chi connectivity index (χ3n) is 2.26. The van der Waals surface area contributed by atoms with E-state index in [4.69, 9.17) is 4.74 Å². The van der Waals surface area contributed by atoms with Crippen LogP contribution in [0.15, 0.2) is 44.7 Å². The van der Waals surface area contributed by atoms with Gasteiger partial charge in [0.05, 0.1) is 14.2 Å². The van der Waals surface area contributed by atoms with Crippen LogP contribution in [0.1, 0.15) is 20.0 Å². The fourth-order valence-electron chi connectivity index (χ4n) is 1.34. The number of thiophene rings is 1. The summed E-state index contributed by atoms with van der Waals surface area (Å²) in [4.78, 5) is 24.0. The average Bonchev–Trinajstić information content (AvgIpc) is 2.83. The molecule has 1 aromatic carbocycles. The normalized spacial score (nSPS) is 10.2. The number of ether oxygens (including phenoxy) is 1. The Balaban J connectivity index is 1.93. The molecule has 0 fully saturated rings. The first kappa shape index (κ1) is 14.4. The van der Waals surface area contributed by atoms with Crippen molar-refractivity contribution in [3.63, 3.8) is 0 Å². The molecule has 0 unspecified atom stereocenters. The summed E-state index contributed by atoms with van der Waals surface area (Å²) in [7, 11) is 0. The monoisotopic (exact) mass is 402 g/mol. The Morgan fingerprint density at radius 2 is 1.74 bits per heavy atom. The molecule has 2 rings (SSSR count). The zero-order valence-corrected chi connectivity index (χ0v) is 13.5. The lowest BCUT2D eigenvalue weighted by molar-refractivity contribution is 0.0476. The number of Topliss-reactive ketones (excluding diaryl/α,β-unsaturated/α-hetero) is 1. The number of ketones is 1. The van der Waals surface area contributed by atoms with Crippen molar-refractivity contribution in [2.75, 3.05) is 6.61 Å². The zero-order chi connectivity index (χ0) is 13.8. The third kappa shape index (κ3) is 3.99. The molecule has 0 atom stereocenters. The summed E-state index contributed by atoms with van der Waals surface area (Å²) < 4.78 is 6.73. The van der Waals surface area contributed by atoms with E-state index in [2.05, 4.69) is 31.9 Å². The van der Waals surface area contributed by atoms with E-state index in [0.717, 1.165) is 8.26 Å². The lowest BCUT2D eigenvalue weighted by Crippen LogP contribution is -2.13. The van der Waals surface area contributed by atoms with Gasteiger partial charge in [-0.2, -0.15) is 0 Å². The van der Waals surface area contributed by atoms with Gasteiger partial charge in [-0.25, -0.2) is 4.79 Å². The van der Waals surface area contributed by atoms with E-state index in [1.54, 1.807) is 36.4 Å². The van der Waals surface area contributed by atoms with Crippen molar-refractivity contribution in [1.29, 1.82) is 0 Å². The van der Waals surface area contributed by atoms with Crippen LogP contribution < -0.4 is 0 Å². The SMILES string of the molecule is O=C(OCC(=O)c1ccc(Br)s1)c1ccc(Br)cc1. The number of halogens is 2. The molecule has 0 N–H and O–H groups in total. The highest BCUT2D eigenvalue weighted by molar-refractivity contribution is 9.11. The molecule has 1 heterocycles. The Kier molecular flexibility index (Phi) is 4.90. The highest BCUT2D eigenvalue weighted by atomic mass is 79.9. The smallest absolute Gasteiger partial charge is 0.338 e. The van der Waals surface area contributed by atoms with Gasteiger partial charge in [0.25, 0.3) is 0 Å². The Morgan fingerprint density at radius 1 is 1.05 bits per heavy atom. The van der Waals surface area contributed by atoms with Gasteiger partial charge in [-0.3, -0.25) is 4.79 Å². The van der Waals surface area contributed by atoms with E-state index >= 15 is 0 Å². The lowest BCUT2D eigenvalue weighted by atomic mass is 10.2. The number of carbonyl (C=O) groups excluding carboxylic acids is 2. The first-order chi connectivity index (χ1) is 9.06. The Bertz CT molecular complexity index is 605. The maximum Gasteiger partial charge on any atom is 0.338 e. The van der Waals surface area contributed by atoms with Gasteiger partial charge in [0.2, 0.25) is 5.78 Å². The largest absolute Gasteiger partial charge is 0.454 e. The first-order valence-electron chi connectivity index (χ1n) is 5.27. The van der Waals surface area contributed by atoms with Crippen molar-refractivity contribution in [1.82, 2.24) is 0 Å². The summed E-state index contributed by atoms with van der Waals surface area (Å²) in [5, 5.41) is 0. The maximum absolute atomic E-state index is 11.8. The number of hydrogen-bond acceptors (Lipinski definition) is 4. The Hall–Kier alpha value is -0.980. The fraction of sp³-hybridized carbons (Fsp3) is 0.0769. The summed E-state index contributed by atoms with van der Waals surface area (Å²) in [6, 6.07) is 10.2. The molecule has 0 aliphatic carbocycles. The highest BCUT2D eigenvalue weighted by Crippen LogP contribution is 2.22. The predicted molar refractivity (Wildman–Crippen MR) is 80.8 cm³/mol. The molecule has 3 nitrogen and oxygen atoms in total. The summed E-state index contributed by atoms with van der Waals surface area (Å²) in [5.41, 5.74) is 0.420. The molecule has 0 saturated heterocycles. The van der Waals surface area contributed by atoms with Crippen molar-refractivity contribution in [3.05, 3.63) is 55.1 Å². The van der Waals surface area contributed by atoms with E-state index in [1.807, 2.05) is 0 Å². The minimum Gasteiger partial charge on any atom is -0.454 e. The summed E-state index contributed by atoms with van der Waals surface area (Å²) in [6.45, 7) is -0.248. The summed E-state index contributed by atoms with van der Waals surface area (Å²) >= 11 is 7.87. The molecule has 6 heteroatoms. The number of rotatable bonds is 4. The summed E-state index contributed by atoms with van der Waals surface area (Å²) in [6.07, 6.45) is 0. The summed E-state index contributed by atoms with van der Waals surface area (Å²) in [5.74, 6) is -0.711. The van der Waals surface area contributed by atoms with Gasteiger partial charge in [0, 0.05) is 4.47 Å². The molecule has 2 aromatic rings. The zero-order valence-electron chi connectivity index (χ0n) is 9.56. The first-order valence-corrected chi connectivity index (χ1v) is 7.68. The van der Waals surface area contributed by atoms with Crippen LogP contribution in [0.4, 0.5) is 0 Å². The van der Waals surface area contributed by atoms with E-state index in [1.165, 1.54) is 11.3 Å². The maximum atomic E-state index is 11.8. The van der Waals surface area contributed by atoms with Gasteiger partial charge in [-0.15, -0.1) is 11.3 Å².